The minimum Gasteiger partial charge on any atom is -0.478 e. The summed E-state index contributed by atoms with van der Waals surface area (Å²) in [5.41, 5.74) is 0.337. The molecule has 0 bridgehead atoms. The van der Waals surface area contributed by atoms with Gasteiger partial charge in [-0.3, -0.25) is 0 Å². The number of unbranched alkanes of at least 4 members (excludes halogenated alkanes) is 2. The molecule has 0 fully saturated rings. The van der Waals surface area contributed by atoms with Gasteiger partial charge in [-0.25, -0.2) is 4.79 Å². The first-order chi connectivity index (χ1) is 8.11. The number of hydrogen-bond donors (Lipinski definition) is 1. The summed E-state index contributed by atoms with van der Waals surface area (Å²) in [5.74, 6) is -0.858. The maximum atomic E-state index is 10.5. The molecule has 0 aromatic rings. The zero-order valence-corrected chi connectivity index (χ0v) is 11.4. The lowest BCUT2D eigenvalue weighted by Gasteiger charge is -2.20. The number of aliphatic carboxylic acids is 1. The van der Waals surface area contributed by atoms with E-state index in [4.69, 9.17) is 5.11 Å². The van der Waals surface area contributed by atoms with Crippen LogP contribution >= 0.6 is 0 Å². The molecule has 0 atom stereocenters. The van der Waals surface area contributed by atoms with Crippen molar-refractivity contribution in [3.63, 3.8) is 0 Å². The van der Waals surface area contributed by atoms with Crippen LogP contribution in [0, 0.1) is 0 Å². The van der Waals surface area contributed by atoms with Crippen LogP contribution in [-0.4, -0.2) is 35.6 Å². The molecule has 0 aliphatic carbocycles. The topological polar surface area (TPSA) is 40.5 Å². The maximum Gasteiger partial charge on any atom is 0.330 e. The molecule has 0 radical (unpaired) electrons. The third-order valence-corrected chi connectivity index (χ3v) is 2.84. The largest absolute Gasteiger partial charge is 0.478 e. The van der Waals surface area contributed by atoms with Crippen molar-refractivity contribution < 1.29 is 9.90 Å². The van der Waals surface area contributed by atoms with E-state index in [1.165, 1.54) is 25.9 Å². The average Bonchev–Trinajstić information content (AvgIpc) is 2.28. The summed E-state index contributed by atoms with van der Waals surface area (Å²) >= 11 is 0. The second-order valence-corrected chi connectivity index (χ2v) is 4.56. The number of rotatable bonds is 11. The molecule has 0 aliphatic heterocycles. The van der Waals surface area contributed by atoms with Crippen LogP contribution in [0.15, 0.2) is 12.2 Å². The molecule has 0 aromatic heterocycles. The Morgan fingerprint density at radius 3 is 2.12 bits per heavy atom. The fourth-order valence-corrected chi connectivity index (χ4v) is 1.93. The predicted octanol–water partition coefficient (Wildman–Crippen LogP) is 3.31. The molecule has 1 N–H and O–H groups in total. The minimum atomic E-state index is -0.858. The van der Waals surface area contributed by atoms with E-state index >= 15 is 0 Å². The van der Waals surface area contributed by atoms with Crippen LogP contribution in [0.25, 0.3) is 0 Å². The SMILES string of the molecule is C=C(CCCCCN(CCC)CCC)C(=O)O. The molecule has 3 nitrogen and oxygen atoms in total. The smallest absolute Gasteiger partial charge is 0.330 e. The molecule has 0 rings (SSSR count). The van der Waals surface area contributed by atoms with Crippen molar-refractivity contribution in [3.05, 3.63) is 12.2 Å². The van der Waals surface area contributed by atoms with Gasteiger partial charge in [-0.2, -0.15) is 0 Å². The highest BCUT2D eigenvalue weighted by molar-refractivity contribution is 5.85. The van der Waals surface area contributed by atoms with Gasteiger partial charge in [0.2, 0.25) is 0 Å². The van der Waals surface area contributed by atoms with Gasteiger partial charge in [-0.05, 0) is 51.7 Å². The summed E-state index contributed by atoms with van der Waals surface area (Å²) in [6.45, 7) is 11.4. The Morgan fingerprint density at radius 1 is 1.06 bits per heavy atom. The summed E-state index contributed by atoms with van der Waals surface area (Å²) in [6, 6.07) is 0. The van der Waals surface area contributed by atoms with Gasteiger partial charge < -0.3 is 10.0 Å². The van der Waals surface area contributed by atoms with E-state index in [-0.39, 0.29) is 0 Å². The van der Waals surface area contributed by atoms with Crippen molar-refractivity contribution in [1.82, 2.24) is 4.90 Å². The lowest BCUT2D eigenvalue weighted by molar-refractivity contribution is -0.132. The first-order valence-corrected chi connectivity index (χ1v) is 6.75. The van der Waals surface area contributed by atoms with Gasteiger partial charge in [-0.1, -0.05) is 26.8 Å². The van der Waals surface area contributed by atoms with Gasteiger partial charge in [0.1, 0.15) is 0 Å². The van der Waals surface area contributed by atoms with E-state index in [0.29, 0.717) is 12.0 Å². The van der Waals surface area contributed by atoms with Crippen molar-refractivity contribution in [2.75, 3.05) is 19.6 Å². The number of carbonyl (C=O) groups is 1. The normalized spacial score (nSPS) is 10.8. The molecule has 3 heteroatoms. The minimum absolute atomic E-state index is 0.337. The van der Waals surface area contributed by atoms with Crippen LogP contribution in [0.4, 0.5) is 0 Å². The monoisotopic (exact) mass is 241 g/mol. The second-order valence-electron chi connectivity index (χ2n) is 4.56. The molecule has 17 heavy (non-hydrogen) atoms. The molecular weight excluding hydrogens is 214 g/mol. The zero-order chi connectivity index (χ0) is 13.1. The molecule has 0 unspecified atom stereocenters. The van der Waals surface area contributed by atoms with Gasteiger partial charge in [-0.15, -0.1) is 0 Å². The van der Waals surface area contributed by atoms with E-state index in [2.05, 4.69) is 25.3 Å². The fraction of sp³-hybridized carbons (Fsp3) is 0.786. The zero-order valence-electron chi connectivity index (χ0n) is 11.4. The first kappa shape index (κ1) is 16.2. The third kappa shape index (κ3) is 8.93. The number of hydrogen-bond acceptors (Lipinski definition) is 2. The van der Waals surface area contributed by atoms with E-state index in [9.17, 15) is 4.79 Å². The van der Waals surface area contributed by atoms with Crippen LogP contribution < -0.4 is 0 Å². The van der Waals surface area contributed by atoms with Crippen LogP contribution in [-0.2, 0) is 4.79 Å². The van der Waals surface area contributed by atoms with Crippen molar-refractivity contribution in [2.24, 2.45) is 0 Å². The highest BCUT2D eigenvalue weighted by Gasteiger charge is 2.04. The summed E-state index contributed by atoms with van der Waals surface area (Å²) in [7, 11) is 0. The van der Waals surface area contributed by atoms with E-state index in [0.717, 1.165) is 25.8 Å². The maximum absolute atomic E-state index is 10.5. The number of nitrogens with zero attached hydrogens (tertiary/aromatic N) is 1. The summed E-state index contributed by atoms with van der Waals surface area (Å²) in [6.07, 6.45) is 6.23. The van der Waals surface area contributed by atoms with Gasteiger partial charge in [0.15, 0.2) is 0 Å². The van der Waals surface area contributed by atoms with E-state index in [1.807, 2.05) is 0 Å². The molecule has 0 aliphatic rings. The van der Waals surface area contributed by atoms with Crippen LogP contribution in [0.5, 0.6) is 0 Å². The second kappa shape index (κ2) is 10.3. The van der Waals surface area contributed by atoms with E-state index in [1.54, 1.807) is 0 Å². The average molecular weight is 241 g/mol. The standard InChI is InChI=1S/C14H27NO2/c1-4-10-15(11-5-2)12-8-6-7-9-13(3)14(16)17/h3-12H2,1-2H3,(H,16,17). The number of carboxylic acid groups (broad SMARTS) is 1. The number of carboxylic acids is 1. The summed E-state index contributed by atoms with van der Waals surface area (Å²) < 4.78 is 0. The summed E-state index contributed by atoms with van der Waals surface area (Å²) in [5, 5.41) is 8.66. The summed E-state index contributed by atoms with van der Waals surface area (Å²) in [4.78, 5) is 13.0. The Morgan fingerprint density at radius 2 is 1.65 bits per heavy atom. The van der Waals surface area contributed by atoms with Crippen molar-refractivity contribution in [3.8, 4) is 0 Å². The highest BCUT2D eigenvalue weighted by atomic mass is 16.4. The van der Waals surface area contributed by atoms with Crippen LogP contribution in [0.3, 0.4) is 0 Å². The quantitative estimate of drug-likeness (QED) is 0.445. The Hall–Kier alpha value is -0.830. The van der Waals surface area contributed by atoms with Gasteiger partial charge >= 0.3 is 5.97 Å². The van der Waals surface area contributed by atoms with Gasteiger partial charge in [0, 0.05) is 5.57 Å². The lowest BCUT2D eigenvalue weighted by atomic mass is 10.1. The molecule has 0 saturated heterocycles. The predicted molar refractivity (Wildman–Crippen MR) is 72.3 cm³/mol. The highest BCUT2D eigenvalue weighted by Crippen LogP contribution is 2.08. The first-order valence-electron chi connectivity index (χ1n) is 6.75. The molecule has 0 amide bonds. The van der Waals surface area contributed by atoms with Crippen molar-refractivity contribution >= 4 is 5.97 Å². The molecule has 0 aromatic carbocycles. The lowest BCUT2D eigenvalue weighted by Crippen LogP contribution is -2.26. The Kier molecular flexibility index (Phi) is 9.83. The van der Waals surface area contributed by atoms with Gasteiger partial charge in [0.05, 0.1) is 0 Å². The van der Waals surface area contributed by atoms with E-state index < -0.39 is 5.97 Å². The fourth-order valence-electron chi connectivity index (χ4n) is 1.93. The molecule has 0 saturated carbocycles. The molecule has 0 heterocycles. The van der Waals surface area contributed by atoms with Crippen LogP contribution in [0.2, 0.25) is 0 Å². The van der Waals surface area contributed by atoms with Crippen LogP contribution in [0.1, 0.15) is 52.4 Å². The third-order valence-electron chi connectivity index (χ3n) is 2.84. The van der Waals surface area contributed by atoms with Gasteiger partial charge in [0.25, 0.3) is 0 Å². The Labute approximate surface area is 106 Å². The molecular formula is C14H27NO2. The Bertz CT molecular complexity index is 220. The molecule has 100 valence electrons. The molecule has 0 spiro atoms. The van der Waals surface area contributed by atoms with Crippen molar-refractivity contribution in [1.29, 1.82) is 0 Å². The Balaban J connectivity index is 3.54. The van der Waals surface area contributed by atoms with Crippen molar-refractivity contribution in [2.45, 2.75) is 52.4 Å².